The van der Waals surface area contributed by atoms with E-state index >= 15 is 0 Å². The zero-order chi connectivity index (χ0) is 20.7. The molecule has 7 heteroatoms. The summed E-state index contributed by atoms with van der Waals surface area (Å²) in [5, 5.41) is 12.0. The number of benzene rings is 1. The molecule has 3 heterocycles. The zero-order valence-corrected chi connectivity index (χ0v) is 16.9. The first-order valence-corrected chi connectivity index (χ1v) is 10.5. The zero-order valence-electron chi connectivity index (χ0n) is 16.9. The molecule has 0 atom stereocenters. The Kier molecular flexibility index (Phi) is 4.58. The van der Waals surface area contributed by atoms with E-state index in [1.807, 2.05) is 11.4 Å². The Morgan fingerprint density at radius 1 is 1.03 bits per heavy atom. The highest BCUT2D eigenvalue weighted by Gasteiger charge is 2.39. The number of carbonyl (C=O) groups excluding carboxylic acids is 2. The molecule has 1 aliphatic heterocycles. The van der Waals surface area contributed by atoms with Crippen molar-refractivity contribution < 1.29 is 9.59 Å². The van der Waals surface area contributed by atoms with E-state index in [0.717, 1.165) is 43.6 Å². The highest BCUT2D eigenvalue weighted by molar-refractivity contribution is 6.35. The number of rotatable bonds is 6. The van der Waals surface area contributed by atoms with Crippen LogP contribution in [0, 0.1) is 0 Å². The fourth-order valence-electron chi connectivity index (χ4n) is 4.25. The van der Waals surface area contributed by atoms with Crippen LogP contribution in [-0.4, -0.2) is 31.6 Å². The SMILES string of the molecule is CCc1[nH]n2c(CCCC3=CCCC=C3)nnc2c1N1C(=O)c2ccccc2C1=O. The smallest absolute Gasteiger partial charge is 0.266 e. The van der Waals surface area contributed by atoms with Crippen molar-refractivity contribution in [3.8, 4) is 0 Å². The Morgan fingerprint density at radius 2 is 1.80 bits per heavy atom. The largest absolute Gasteiger partial charge is 0.293 e. The van der Waals surface area contributed by atoms with Crippen LogP contribution in [0.25, 0.3) is 5.65 Å². The van der Waals surface area contributed by atoms with Crippen LogP contribution in [0.5, 0.6) is 0 Å². The number of aromatic nitrogens is 4. The lowest BCUT2D eigenvalue weighted by atomic mass is 10.0. The van der Waals surface area contributed by atoms with Crippen LogP contribution in [-0.2, 0) is 12.8 Å². The maximum Gasteiger partial charge on any atom is 0.266 e. The Bertz CT molecular complexity index is 1180. The topological polar surface area (TPSA) is 83.4 Å². The van der Waals surface area contributed by atoms with Crippen molar-refractivity contribution >= 4 is 23.1 Å². The maximum absolute atomic E-state index is 13.0. The molecule has 1 aliphatic carbocycles. The fourth-order valence-corrected chi connectivity index (χ4v) is 4.25. The summed E-state index contributed by atoms with van der Waals surface area (Å²) in [7, 11) is 0. The van der Waals surface area contributed by atoms with Crippen LogP contribution in [0.4, 0.5) is 5.69 Å². The molecule has 5 rings (SSSR count). The molecule has 152 valence electrons. The molecule has 2 amide bonds. The molecule has 0 bridgehead atoms. The minimum Gasteiger partial charge on any atom is -0.293 e. The van der Waals surface area contributed by atoms with Gasteiger partial charge in [-0.2, -0.15) is 0 Å². The Hall–Kier alpha value is -3.48. The van der Waals surface area contributed by atoms with E-state index in [2.05, 4.69) is 33.5 Å². The molecule has 2 aliphatic rings. The molecule has 7 nitrogen and oxygen atoms in total. The average molecular weight is 401 g/mol. The summed E-state index contributed by atoms with van der Waals surface area (Å²) >= 11 is 0. The van der Waals surface area contributed by atoms with Crippen molar-refractivity contribution in [3.05, 3.63) is 70.7 Å². The number of aromatic amines is 1. The van der Waals surface area contributed by atoms with Gasteiger partial charge < -0.3 is 0 Å². The summed E-state index contributed by atoms with van der Waals surface area (Å²) in [6.07, 6.45) is 12.3. The fraction of sp³-hybridized carbons (Fsp3) is 0.304. The molecular formula is C23H23N5O2. The molecule has 0 saturated carbocycles. The van der Waals surface area contributed by atoms with E-state index in [9.17, 15) is 9.59 Å². The van der Waals surface area contributed by atoms with Gasteiger partial charge in [0.15, 0.2) is 5.82 Å². The molecule has 1 aromatic carbocycles. The summed E-state index contributed by atoms with van der Waals surface area (Å²) in [5.41, 5.74) is 4.06. The minimum absolute atomic E-state index is 0.313. The lowest BCUT2D eigenvalue weighted by Crippen LogP contribution is -2.30. The molecule has 0 saturated heterocycles. The number of fused-ring (bicyclic) bond motifs is 2. The van der Waals surface area contributed by atoms with Gasteiger partial charge in [0.25, 0.3) is 11.8 Å². The van der Waals surface area contributed by atoms with Crippen LogP contribution in [0.1, 0.15) is 64.8 Å². The Balaban J connectivity index is 1.45. The number of allylic oxidation sites excluding steroid dienone is 4. The third-order valence-electron chi connectivity index (χ3n) is 5.78. The number of aryl methyl sites for hydroxylation is 2. The summed E-state index contributed by atoms with van der Waals surface area (Å²) in [4.78, 5) is 27.2. The van der Waals surface area contributed by atoms with E-state index in [1.165, 1.54) is 10.5 Å². The van der Waals surface area contributed by atoms with Crippen LogP contribution in [0.15, 0.2) is 48.1 Å². The van der Waals surface area contributed by atoms with Gasteiger partial charge in [-0.05, 0) is 44.2 Å². The van der Waals surface area contributed by atoms with E-state index in [0.29, 0.717) is 28.9 Å². The highest BCUT2D eigenvalue weighted by Crippen LogP contribution is 2.34. The predicted octanol–water partition coefficient (Wildman–Crippen LogP) is 4.02. The van der Waals surface area contributed by atoms with Crippen molar-refractivity contribution in [2.24, 2.45) is 0 Å². The minimum atomic E-state index is -0.313. The van der Waals surface area contributed by atoms with Crippen LogP contribution < -0.4 is 4.90 Å². The van der Waals surface area contributed by atoms with Gasteiger partial charge in [-0.3, -0.25) is 14.7 Å². The molecule has 0 spiro atoms. The predicted molar refractivity (Wildman–Crippen MR) is 114 cm³/mol. The molecule has 3 aromatic rings. The van der Waals surface area contributed by atoms with Crippen molar-refractivity contribution in [1.82, 2.24) is 19.8 Å². The second-order valence-electron chi connectivity index (χ2n) is 7.67. The van der Waals surface area contributed by atoms with Crippen molar-refractivity contribution in [2.45, 2.75) is 45.4 Å². The lowest BCUT2D eigenvalue weighted by molar-refractivity contribution is 0.0926. The molecule has 0 unspecified atom stereocenters. The Labute approximate surface area is 174 Å². The molecular weight excluding hydrogens is 378 g/mol. The number of nitrogens with one attached hydrogen (secondary N) is 1. The first-order valence-electron chi connectivity index (χ1n) is 10.5. The van der Waals surface area contributed by atoms with E-state index in [-0.39, 0.29) is 11.8 Å². The number of nitrogens with zero attached hydrogens (tertiary/aromatic N) is 4. The monoisotopic (exact) mass is 401 g/mol. The number of amides is 2. The number of H-pyrrole nitrogens is 1. The molecule has 2 aromatic heterocycles. The first kappa shape index (κ1) is 18.5. The lowest BCUT2D eigenvalue weighted by Gasteiger charge is -2.13. The first-order chi connectivity index (χ1) is 14.7. The normalized spacial score (nSPS) is 15.9. The van der Waals surface area contributed by atoms with Crippen molar-refractivity contribution in [2.75, 3.05) is 4.90 Å². The number of hydrogen-bond donors (Lipinski definition) is 1. The number of hydrogen-bond acceptors (Lipinski definition) is 4. The molecule has 0 radical (unpaired) electrons. The van der Waals surface area contributed by atoms with Gasteiger partial charge in [-0.15, -0.1) is 10.2 Å². The van der Waals surface area contributed by atoms with Gasteiger partial charge in [0.1, 0.15) is 5.69 Å². The van der Waals surface area contributed by atoms with Gasteiger partial charge in [0, 0.05) is 6.42 Å². The van der Waals surface area contributed by atoms with Gasteiger partial charge in [0.2, 0.25) is 5.65 Å². The van der Waals surface area contributed by atoms with Gasteiger partial charge in [-0.1, -0.05) is 42.9 Å². The molecule has 0 fully saturated rings. The molecule has 1 N–H and O–H groups in total. The summed E-state index contributed by atoms with van der Waals surface area (Å²) in [5.74, 6) is 0.183. The van der Waals surface area contributed by atoms with E-state index in [4.69, 9.17) is 0 Å². The van der Waals surface area contributed by atoms with Crippen molar-refractivity contribution in [3.63, 3.8) is 0 Å². The third-order valence-corrected chi connectivity index (χ3v) is 5.78. The average Bonchev–Trinajstić information content (AvgIpc) is 3.41. The Morgan fingerprint density at radius 3 is 2.47 bits per heavy atom. The quantitative estimate of drug-likeness (QED) is 0.633. The summed E-state index contributed by atoms with van der Waals surface area (Å²) in [6, 6.07) is 6.92. The van der Waals surface area contributed by atoms with Crippen LogP contribution >= 0.6 is 0 Å². The van der Waals surface area contributed by atoms with Gasteiger partial charge in [0.05, 0.1) is 16.8 Å². The second-order valence-corrected chi connectivity index (χ2v) is 7.67. The standard InChI is InChI=1S/C23H23N5O2/c1-2-18-20(27-22(29)16-12-6-7-13-17(16)23(27)30)21-25-24-19(28(21)26-18)14-8-11-15-9-4-3-5-10-15/h4,6-7,9-10,12-13,26H,2-3,5,8,11,14H2,1H3. The summed E-state index contributed by atoms with van der Waals surface area (Å²) < 4.78 is 1.82. The van der Waals surface area contributed by atoms with Crippen LogP contribution in [0.3, 0.4) is 0 Å². The number of anilines is 1. The molecule has 30 heavy (non-hydrogen) atoms. The van der Waals surface area contributed by atoms with E-state index < -0.39 is 0 Å². The van der Waals surface area contributed by atoms with Crippen LogP contribution in [0.2, 0.25) is 0 Å². The summed E-state index contributed by atoms with van der Waals surface area (Å²) in [6.45, 7) is 1.99. The van der Waals surface area contributed by atoms with E-state index in [1.54, 1.807) is 24.3 Å². The maximum atomic E-state index is 13.0. The number of imide groups is 1. The highest BCUT2D eigenvalue weighted by atomic mass is 16.2. The second kappa shape index (κ2) is 7.40. The number of carbonyl (C=O) groups is 2. The van der Waals surface area contributed by atoms with Crippen molar-refractivity contribution in [1.29, 1.82) is 0 Å². The van der Waals surface area contributed by atoms with Gasteiger partial charge >= 0.3 is 0 Å². The third kappa shape index (κ3) is 2.89. The van der Waals surface area contributed by atoms with Gasteiger partial charge in [-0.25, -0.2) is 9.42 Å².